The molecular formula is C17H23N3O. The van der Waals surface area contributed by atoms with E-state index >= 15 is 0 Å². The molecule has 0 bridgehead atoms. The van der Waals surface area contributed by atoms with Crippen LogP contribution in [0, 0.1) is 5.92 Å². The van der Waals surface area contributed by atoms with Gasteiger partial charge in [0.1, 0.15) is 0 Å². The van der Waals surface area contributed by atoms with Crippen LogP contribution in [0.15, 0.2) is 30.6 Å². The van der Waals surface area contributed by atoms with E-state index in [1.807, 2.05) is 6.07 Å². The molecule has 0 aliphatic carbocycles. The van der Waals surface area contributed by atoms with Crippen molar-refractivity contribution in [3.63, 3.8) is 0 Å². The van der Waals surface area contributed by atoms with Crippen LogP contribution in [0.25, 0.3) is 11.0 Å². The zero-order valence-corrected chi connectivity index (χ0v) is 13.1. The predicted molar refractivity (Wildman–Crippen MR) is 83.8 cm³/mol. The summed E-state index contributed by atoms with van der Waals surface area (Å²) in [5, 5.41) is 0. The van der Waals surface area contributed by atoms with Crippen molar-refractivity contribution in [2.45, 2.75) is 51.4 Å². The van der Waals surface area contributed by atoms with Crippen LogP contribution in [-0.2, 0) is 4.74 Å². The standard InChI is InChI=1S/C17H23N3O/c1-16(2)10-12(17(3,4)21-16)15(18)11-5-6-13-14(9-11)20-8-7-19-13/h5-9,12,15H,10,18H2,1-4H3. The molecule has 1 fully saturated rings. The minimum absolute atomic E-state index is 0.0619. The lowest BCUT2D eigenvalue weighted by Gasteiger charge is -2.31. The Balaban J connectivity index is 1.95. The second kappa shape index (κ2) is 4.75. The van der Waals surface area contributed by atoms with Gasteiger partial charge in [0.25, 0.3) is 0 Å². The van der Waals surface area contributed by atoms with Gasteiger partial charge in [-0.2, -0.15) is 0 Å². The first-order valence-corrected chi connectivity index (χ1v) is 7.45. The third-order valence-corrected chi connectivity index (χ3v) is 4.46. The molecule has 112 valence electrons. The average Bonchev–Trinajstić information content (AvgIpc) is 2.65. The molecule has 4 nitrogen and oxygen atoms in total. The van der Waals surface area contributed by atoms with Crippen molar-refractivity contribution < 1.29 is 4.74 Å². The Labute approximate surface area is 125 Å². The van der Waals surface area contributed by atoms with Crippen LogP contribution >= 0.6 is 0 Å². The van der Waals surface area contributed by atoms with E-state index in [2.05, 4.69) is 49.8 Å². The Bertz CT molecular complexity index is 666. The van der Waals surface area contributed by atoms with Crippen LogP contribution in [0.5, 0.6) is 0 Å². The highest BCUT2D eigenvalue weighted by Gasteiger charge is 2.48. The fourth-order valence-corrected chi connectivity index (χ4v) is 3.58. The number of nitrogens with zero attached hydrogens (tertiary/aromatic N) is 2. The van der Waals surface area contributed by atoms with Crippen LogP contribution in [0.4, 0.5) is 0 Å². The van der Waals surface area contributed by atoms with Gasteiger partial charge >= 0.3 is 0 Å². The molecule has 2 atom stereocenters. The van der Waals surface area contributed by atoms with Crippen molar-refractivity contribution in [2.24, 2.45) is 11.7 Å². The number of nitrogens with two attached hydrogens (primary N) is 1. The molecule has 2 aromatic rings. The summed E-state index contributed by atoms with van der Waals surface area (Å²) in [4.78, 5) is 8.67. The quantitative estimate of drug-likeness (QED) is 0.920. The van der Waals surface area contributed by atoms with Crippen LogP contribution < -0.4 is 5.73 Å². The highest BCUT2D eigenvalue weighted by atomic mass is 16.5. The van der Waals surface area contributed by atoms with E-state index in [1.165, 1.54) is 0 Å². The van der Waals surface area contributed by atoms with E-state index in [0.29, 0.717) is 0 Å². The molecule has 4 heteroatoms. The third-order valence-electron chi connectivity index (χ3n) is 4.46. The van der Waals surface area contributed by atoms with Crippen molar-refractivity contribution in [2.75, 3.05) is 0 Å². The zero-order chi connectivity index (χ0) is 15.3. The number of hydrogen-bond donors (Lipinski definition) is 1. The SMILES string of the molecule is CC1(C)CC(C(N)c2ccc3nccnc3c2)C(C)(C)O1. The maximum atomic E-state index is 6.56. The Hall–Kier alpha value is -1.52. The van der Waals surface area contributed by atoms with E-state index in [1.54, 1.807) is 12.4 Å². The summed E-state index contributed by atoms with van der Waals surface area (Å²) >= 11 is 0. The maximum absolute atomic E-state index is 6.56. The van der Waals surface area contributed by atoms with Gasteiger partial charge in [-0.25, -0.2) is 0 Å². The smallest absolute Gasteiger partial charge is 0.0890 e. The average molecular weight is 285 g/mol. The fourth-order valence-electron chi connectivity index (χ4n) is 3.58. The van der Waals surface area contributed by atoms with Crippen molar-refractivity contribution in [1.82, 2.24) is 9.97 Å². The topological polar surface area (TPSA) is 61.0 Å². The highest BCUT2D eigenvalue weighted by Crippen LogP contribution is 2.46. The van der Waals surface area contributed by atoms with E-state index in [0.717, 1.165) is 23.0 Å². The molecule has 1 aromatic carbocycles. The summed E-state index contributed by atoms with van der Waals surface area (Å²) in [6, 6.07) is 6.04. The van der Waals surface area contributed by atoms with Gasteiger partial charge in [-0.3, -0.25) is 9.97 Å². The zero-order valence-electron chi connectivity index (χ0n) is 13.1. The summed E-state index contributed by atoms with van der Waals surface area (Å²) in [6.45, 7) is 8.53. The van der Waals surface area contributed by atoms with Gasteiger partial charge in [-0.15, -0.1) is 0 Å². The van der Waals surface area contributed by atoms with Gasteiger partial charge in [-0.05, 0) is 51.8 Å². The summed E-state index contributed by atoms with van der Waals surface area (Å²) in [5.41, 5.74) is 9.10. The molecule has 3 rings (SSSR count). The second-order valence-corrected chi connectivity index (χ2v) is 7.11. The Kier molecular flexibility index (Phi) is 3.26. The first kappa shape index (κ1) is 14.4. The number of ether oxygens (including phenoxy) is 1. The molecule has 2 heterocycles. The summed E-state index contributed by atoms with van der Waals surface area (Å²) in [5.74, 6) is 0.279. The Morgan fingerprint density at radius 1 is 1.14 bits per heavy atom. The van der Waals surface area contributed by atoms with Crippen molar-refractivity contribution >= 4 is 11.0 Å². The minimum atomic E-state index is -0.222. The Morgan fingerprint density at radius 2 is 1.81 bits per heavy atom. The molecule has 2 unspecified atom stereocenters. The molecule has 0 radical (unpaired) electrons. The van der Waals surface area contributed by atoms with Gasteiger partial charge in [0.15, 0.2) is 0 Å². The monoisotopic (exact) mass is 285 g/mol. The van der Waals surface area contributed by atoms with Crippen LogP contribution in [0.2, 0.25) is 0 Å². The fraction of sp³-hybridized carbons (Fsp3) is 0.529. The van der Waals surface area contributed by atoms with Gasteiger partial charge < -0.3 is 10.5 Å². The van der Waals surface area contributed by atoms with E-state index in [9.17, 15) is 0 Å². The van der Waals surface area contributed by atoms with Crippen LogP contribution in [0.1, 0.15) is 45.7 Å². The first-order valence-electron chi connectivity index (χ1n) is 7.45. The molecule has 1 aliphatic rings. The van der Waals surface area contributed by atoms with E-state index < -0.39 is 0 Å². The van der Waals surface area contributed by atoms with Crippen molar-refractivity contribution in [3.05, 3.63) is 36.2 Å². The predicted octanol–water partition coefficient (Wildman–Crippen LogP) is 3.22. The molecule has 1 aliphatic heterocycles. The minimum Gasteiger partial charge on any atom is -0.369 e. The van der Waals surface area contributed by atoms with E-state index in [4.69, 9.17) is 10.5 Å². The van der Waals surface area contributed by atoms with Crippen LogP contribution in [-0.4, -0.2) is 21.2 Å². The lowest BCUT2D eigenvalue weighted by molar-refractivity contribution is -0.0767. The molecule has 2 N–H and O–H groups in total. The molecule has 1 aromatic heterocycles. The molecule has 0 saturated carbocycles. The summed E-state index contributed by atoms with van der Waals surface area (Å²) in [7, 11) is 0. The summed E-state index contributed by atoms with van der Waals surface area (Å²) < 4.78 is 6.17. The lowest BCUT2D eigenvalue weighted by Crippen LogP contribution is -2.35. The maximum Gasteiger partial charge on any atom is 0.0890 e. The number of benzene rings is 1. The number of hydrogen-bond acceptors (Lipinski definition) is 4. The molecule has 0 spiro atoms. The summed E-state index contributed by atoms with van der Waals surface area (Å²) in [6.07, 6.45) is 4.38. The van der Waals surface area contributed by atoms with Gasteiger partial charge in [0.05, 0.1) is 22.2 Å². The van der Waals surface area contributed by atoms with Crippen molar-refractivity contribution in [3.8, 4) is 0 Å². The number of rotatable bonds is 2. The van der Waals surface area contributed by atoms with Gasteiger partial charge in [0, 0.05) is 24.4 Å². The van der Waals surface area contributed by atoms with Crippen LogP contribution in [0.3, 0.4) is 0 Å². The van der Waals surface area contributed by atoms with Crippen molar-refractivity contribution in [1.29, 1.82) is 0 Å². The normalized spacial score (nSPS) is 25.1. The molecule has 21 heavy (non-hydrogen) atoms. The molecular weight excluding hydrogens is 262 g/mol. The van der Waals surface area contributed by atoms with Gasteiger partial charge in [0.2, 0.25) is 0 Å². The molecule has 1 saturated heterocycles. The first-order chi connectivity index (χ1) is 9.78. The number of aromatic nitrogens is 2. The third kappa shape index (κ3) is 2.65. The number of fused-ring (bicyclic) bond motifs is 1. The van der Waals surface area contributed by atoms with Gasteiger partial charge in [-0.1, -0.05) is 6.07 Å². The Morgan fingerprint density at radius 3 is 2.43 bits per heavy atom. The lowest BCUT2D eigenvalue weighted by atomic mass is 9.79. The largest absolute Gasteiger partial charge is 0.369 e. The highest BCUT2D eigenvalue weighted by molar-refractivity contribution is 5.74. The molecule has 0 amide bonds. The van der Waals surface area contributed by atoms with E-state index in [-0.39, 0.29) is 23.2 Å². The second-order valence-electron chi connectivity index (χ2n) is 7.11.